The third-order valence-corrected chi connectivity index (χ3v) is 6.29. The highest BCUT2D eigenvalue weighted by molar-refractivity contribution is 5.75. The van der Waals surface area contributed by atoms with Crippen LogP contribution in [0.25, 0.3) is 0 Å². The van der Waals surface area contributed by atoms with Crippen molar-refractivity contribution < 1.29 is 24.2 Å². The lowest BCUT2D eigenvalue weighted by molar-refractivity contribution is -0.157. The number of allylic oxidation sites excluding steroid dienone is 1. The van der Waals surface area contributed by atoms with Gasteiger partial charge in [-0.2, -0.15) is 0 Å². The molecule has 0 aromatic carbocycles. The number of fused-ring (bicyclic) bond motifs is 3. The Labute approximate surface area is 149 Å². The van der Waals surface area contributed by atoms with E-state index in [2.05, 4.69) is 6.08 Å². The maximum absolute atomic E-state index is 12.3. The van der Waals surface area contributed by atoms with E-state index in [0.717, 1.165) is 12.0 Å². The van der Waals surface area contributed by atoms with Gasteiger partial charge in [-0.3, -0.25) is 9.59 Å². The highest BCUT2D eigenvalue weighted by Gasteiger charge is 2.59. The number of hydrogen-bond donors (Lipinski definition) is 1. The van der Waals surface area contributed by atoms with Crippen molar-refractivity contribution in [1.82, 2.24) is 0 Å². The summed E-state index contributed by atoms with van der Waals surface area (Å²) in [6.45, 7) is 9.65. The minimum absolute atomic E-state index is 0.00250. The fourth-order valence-corrected chi connectivity index (χ4v) is 5.01. The first-order valence-corrected chi connectivity index (χ1v) is 9.41. The summed E-state index contributed by atoms with van der Waals surface area (Å²) in [6, 6.07) is 0. The van der Waals surface area contributed by atoms with Gasteiger partial charge < -0.3 is 14.6 Å². The summed E-state index contributed by atoms with van der Waals surface area (Å²) in [6.07, 6.45) is 2.78. The monoisotopic (exact) mass is 350 g/mol. The Hall–Kier alpha value is -1.36. The van der Waals surface area contributed by atoms with Crippen LogP contribution in [0.3, 0.4) is 0 Å². The van der Waals surface area contributed by atoms with E-state index in [9.17, 15) is 14.7 Å². The quantitative estimate of drug-likeness (QED) is 0.626. The molecule has 5 nitrogen and oxygen atoms in total. The zero-order valence-corrected chi connectivity index (χ0v) is 15.8. The maximum Gasteiger partial charge on any atom is 0.309 e. The molecule has 0 bridgehead atoms. The predicted octanol–water partition coefficient (Wildman–Crippen LogP) is 2.86. The van der Waals surface area contributed by atoms with Crippen LogP contribution >= 0.6 is 0 Å². The molecule has 1 aliphatic heterocycles. The number of carbonyl (C=O) groups excluding carboxylic acids is 2. The third-order valence-electron chi connectivity index (χ3n) is 6.29. The van der Waals surface area contributed by atoms with Gasteiger partial charge in [0.15, 0.2) is 0 Å². The molecule has 0 spiro atoms. The second kappa shape index (κ2) is 6.42. The van der Waals surface area contributed by atoms with Gasteiger partial charge in [0.1, 0.15) is 12.2 Å². The summed E-state index contributed by atoms with van der Waals surface area (Å²) in [5.74, 6) is -0.815. The van der Waals surface area contributed by atoms with E-state index in [1.165, 1.54) is 0 Å². The maximum atomic E-state index is 12.3. The second-order valence-corrected chi connectivity index (χ2v) is 8.77. The van der Waals surface area contributed by atoms with Crippen LogP contribution < -0.4 is 0 Å². The minimum atomic E-state index is -0.960. The molecule has 1 saturated heterocycles. The van der Waals surface area contributed by atoms with Gasteiger partial charge in [-0.05, 0) is 26.2 Å². The zero-order chi connectivity index (χ0) is 18.5. The molecular formula is C20H30O5. The Kier molecular flexibility index (Phi) is 4.73. The fourth-order valence-electron chi connectivity index (χ4n) is 5.01. The van der Waals surface area contributed by atoms with Gasteiger partial charge in [0.05, 0.1) is 11.5 Å². The lowest BCUT2D eigenvalue weighted by atomic mass is 9.76. The van der Waals surface area contributed by atoms with E-state index in [0.29, 0.717) is 12.8 Å². The van der Waals surface area contributed by atoms with Crippen molar-refractivity contribution in [2.75, 3.05) is 0 Å². The summed E-state index contributed by atoms with van der Waals surface area (Å²) >= 11 is 0. The first kappa shape index (κ1) is 18.4. The van der Waals surface area contributed by atoms with Crippen molar-refractivity contribution in [2.45, 2.75) is 71.7 Å². The van der Waals surface area contributed by atoms with Crippen LogP contribution in [-0.2, 0) is 19.1 Å². The summed E-state index contributed by atoms with van der Waals surface area (Å²) in [7, 11) is 0. The minimum Gasteiger partial charge on any atom is -0.462 e. The summed E-state index contributed by atoms with van der Waals surface area (Å²) in [5.41, 5.74) is 0.203. The lowest BCUT2D eigenvalue weighted by Crippen LogP contribution is -2.40. The molecule has 2 aliphatic carbocycles. The van der Waals surface area contributed by atoms with Crippen molar-refractivity contribution in [1.29, 1.82) is 0 Å². The molecule has 7 atom stereocenters. The van der Waals surface area contributed by atoms with E-state index in [4.69, 9.17) is 9.47 Å². The van der Waals surface area contributed by atoms with Gasteiger partial charge in [-0.1, -0.05) is 32.4 Å². The number of esters is 2. The molecule has 3 aliphatic rings. The first-order valence-electron chi connectivity index (χ1n) is 9.41. The molecule has 3 rings (SSSR count). The fraction of sp³-hybridized carbons (Fsp3) is 0.800. The van der Waals surface area contributed by atoms with Crippen LogP contribution in [0.5, 0.6) is 0 Å². The van der Waals surface area contributed by atoms with Crippen LogP contribution in [0.1, 0.15) is 53.9 Å². The average molecular weight is 350 g/mol. The lowest BCUT2D eigenvalue weighted by Gasteiger charge is -2.34. The summed E-state index contributed by atoms with van der Waals surface area (Å²) in [4.78, 5) is 24.6. The average Bonchev–Trinajstić information content (AvgIpc) is 2.96. The second-order valence-electron chi connectivity index (χ2n) is 8.77. The van der Waals surface area contributed by atoms with E-state index in [-0.39, 0.29) is 47.6 Å². The number of hydrogen-bond acceptors (Lipinski definition) is 5. The molecule has 0 aromatic rings. The van der Waals surface area contributed by atoms with Gasteiger partial charge in [0.25, 0.3) is 0 Å². The van der Waals surface area contributed by atoms with Gasteiger partial charge in [0.2, 0.25) is 0 Å². The first-order chi connectivity index (χ1) is 11.6. The molecular weight excluding hydrogens is 320 g/mol. The Morgan fingerprint density at radius 3 is 2.80 bits per heavy atom. The normalized spacial score (nSPS) is 43.2. The Morgan fingerprint density at radius 1 is 1.48 bits per heavy atom. The molecule has 1 saturated carbocycles. The third kappa shape index (κ3) is 3.23. The number of ether oxygens (including phenoxy) is 2. The highest BCUT2D eigenvalue weighted by atomic mass is 16.6. The van der Waals surface area contributed by atoms with Crippen LogP contribution in [0.15, 0.2) is 11.6 Å². The SMILES string of the molecule is CC1=CC[C@@H]2[C@H]1[C@H]1OC(=O)[C@@H](C)[C@@H]1[C@@H](OC(=O)CC(C)C)C[C@@]2(C)O. The molecule has 0 unspecified atom stereocenters. The highest BCUT2D eigenvalue weighted by Crippen LogP contribution is 2.53. The number of aliphatic hydroxyl groups is 1. The molecule has 1 N–H and O–H groups in total. The number of carbonyl (C=O) groups is 2. The predicted molar refractivity (Wildman–Crippen MR) is 92.5 cm³/mol. The molecule has 140 valence electrons. The smallest absolute Gasteiger partial charge is 0.309 e. The molecule has 1 heterocycles. The molecule has 0 aromatic heterocycles. The van der Waals surface area contributed by atoms with E-state index >= 15 is 0 Å². The van der Waals surface area contributed by atoms with Crippen molar-refractivity contribution in [3.8, 4) is 0 Å². The molecule has 0 amide bonds. The molecule has 0 radical (unpaired) electrons. The Balaban J connectivity index is 1.94. The van der Waals surface area contributed by atoms with Crippen LogP contribution in [0.2, 0.25) is 0 Å². The standard InChI is InChI=1S/C20H30O5/c1-10(2)8-15(21)24-14-9-20(5,23)13-7-6-11(3)16(13)18-17(14)12(4)19(22)25-18/h6,10,12-14,16-18,23H,7-9H2,1-5H3/t12-,13+,14-,16-,17+,18+,20+/m0/s1. The Morgan fingerprint density at radius 2 is 2.16 bits per heavy atom. The molecule has 2 fully saturated rings. The zero-order valence-electron chi connectivity index (χ0n) is 15.8. The van der Waals surface area contributed by atoms with E-state index < -0.39 is 11.7 Å². The van der Waals surface area contributed by atoms with Crippen molar-refractivity contribution in [3.05, 3.63) is 11.6 Å². The van der Waals surface area contributed by atoms with Crippen LogP contribution in [0, 0.1) is 29.6 Å². The topological polar surface area (TPSA) is 72.8 Å². The Bertz CT molecular complexity index is 591. The van der Waals surface area contributed by atoms with Crippen molar-refractivity contribution in [3.63, 3.8) is 0 Å². The molecule has 25 heavy (non-hydrogen) atoms. The summed E-state index contributed by atoms with van der Waals surface area (Å²) in [5, 5.41) is 11.1. The largest absolute Gasteiger partial charge is 0.462 e. The van der Waals surface area contributed by atoms with Gasteiger partial charge >= 0.3 is 11.9 Å². The van der Waals surface area contributed by atoms with Crippen LogP contribution in [0.4, 0.5) is 0 Å². The van der Waals surface area contributed by atoms with Gasteiger partial charge in [-0.15, -0.1) is 0 Å². The molecule has 5 heteroatoms. The van der Waals surface area contributed by atoms with Crippen LogP contribution in [-0.4, -0.2) is 34.9 Å². The van der Waals surface area contributed by atoms with Gasteiger partial charge in [-0.25, -0.2) is 0 Å². The van der Waals surface area contributed by atoms with E-state index in [1.807, 2.05) is 34.6 Å². The van der Waals surface area contributed by atoms with Gasteiger partial charge in [0, 0.05) is 30.6 Å². The van der Waals surface area contributed by atoms with Crippen molar-refractivity contribution in [2.24, 2.45) is 29.6 Å². The van der Waals surface area contributed by atoms with Crippen molar-refractivity contribution >= 4 is 11.9 Å². The summed E-state index contributed by atoms with van der Waals surface area (Å²) < 4.78 is 11.5. The van der Waals surface area contributed by atoms with E-state index in [1.54, 1.807) is 0 Å². The number of rotatable bonds is 3.